The third-order valence-electron chi connectivity index (χ3n) is 4.25. The first-order chi connectivity index (χ1) is 13.9. The van der Waals surface area contributed by atoms with E-state index < -0.39 is 11.7 Å². The molecule has 3 aromatic rings. The first kappa shape index (κ1) is 20.5. The van der Waals surface area contributed by atoms with E-state index in [1.54, 1.807) is 13.1 Å². The molecule has 1 amide bonds. The molecule has 7 nitrogen and oxygen atoms in total. The van der Waals surface area contributed by atoms with Crippen LogP contribution in [0.25, 0.3) is 11.4 Å². The quantitative estimate of drug-likeness (QED) is 0.652. The molecule has 0 radical (unpaired) electrons. The molecule has 1 N–H and O–H groups in total. The molecule has 0 aliphatic heterocycles. The maximum absolute atomic E-state index is 13.4. The largest absolute Gasteiger partial charge is 0.493 e. The number of nitrogens with one attached hydrogen (secondary N) is 1. The molecule has 9 heteroatoms. The molecule has 1 aromatic heterocycles. The van der Waals surface area contributed by atoms with E-state index >= 15 is 0 Å². The summed E-state index contributed by atoms with van der Waals surface area (Å²) in [4.78, 5) is 17.2. The lowest BCUT2D eigenvalue weighted by atomic mass is 10.1. The molecule has 152 valence electrons. The van der Waals surface area contributed by atoms with Crippen molar-refractivity contribution in [2.24, 2.45) is 0 Å². The smallest absolute Gasteiger partial charge is 0.270 e. The second-order valence-electron chi connectivity index (χ2n) is 6.04. The van der Waals surface area contributed by atoms with E-state index in [1.807, 2.05) is 0 Å². The Kier molecular flexibility index (Phi) is 5.93. The van der Waals surface area contributed by atoms with Gasteiger partial charge in [0.05, 0.1) is 38.2 Å². The van der Waals surface area contributed by atoms with Crippen molar-refractivity contribution in [1.82, 2.24) is 9.66 Å². The second kappa shape index (κ2) is 8.40. The highest BCUT2D eigenvalue weighted by Crippen LogP contribution is 2.38. The van der Waals surface area contributed by atoms with Crippen molar-refractivity contribution >= 4 is 17.5 Å². The number of carbonyl (C=O) groups is 1. The van der Waals surface area contributed by atoms with Crippen molar-refractivity contribution in [2.75, 3.05) is 26.8 Å². The van der Waals surface area contributed by atoms with Crippen molar-refractivity contribution in [3.05, 3.63) is 58.6 Å². The predicted molar refractivity (Wildman–Crippen MR) is 107 cm³/mol. The van der Waals surface area contributed by atoms with Gasteiger partial charge in [-0.05, 0) is 37.3 Å². The molecule has 1 heterocycles. The van der Waals surface area contributed by atoms with Crippen molar-refractivity contribution in [3.8, 4) is 28.6 Å². The number of ether oxygens (including phenoxy) is 3. The molecule has 29 heavy (non-hydrogen) atoms. The maximum atomic E-state index is 13.4. The molecule has 0 aliphatic rings. The Hall–Kier alpha value is -3.26. The van der Waals surface area contributed by atoms with Gasteiger partial charge in [-0.1, -0.05) is 11.6 Å². The number of imidazole rings is 1. The molecule has 0 bridgehead atoms. The Labute approximate surface area is 172 Å². The summed E-state index contributed by atoms with van der Waals surface area (Å²) in [6.45, 7) is 1.77. The number of amides is 1. The number of hydrogen-bond acceptors (Lipinski definition) is 5. The monoisotopic (exact) mass is 419 g/mol. The van der Waals surface area contributed by atoms with Crippen LogP contribution < -0.4 is 19.6 Å². The molecule has 0 spiro atoms. The van der Waals surface area contributed by atoms with E-state index in [-0.39, 0.29) is 10.6 Å². The van der Waals surface area contributed by atoms with Gasteiger partial charge in [0.2, 0.25) is 5.75 Å². The third kappa shape index (κ3) is 3.97. The molecule has 3 rings (SSSR count). The standard InChI is InChI=1S/C20H19ClFN3O4/c1-11-10-23-19(14-6-5-13(22)9-15(14)21)25(11)24-20(26)12-7-16(27-2)18(29-4)17(8-12)28-3/h5-10H,1-4H3,(H,24,26). The zero-order chi connectivity index (χ0) is 21.1. The molecular formula is C20H19ClFN3O4. The lowest BCUT2D eigenvalue weighted by Crippen LogP contribution is -2.24. The van der Waals surface area contributed by atoms with Gasteiger partial charge in [0.15, 0.2) is 17.3 Å². The highest BCUT2D eigenvalue weighted by atomic mass is 35.5. The number of aromatic nitrogens is 2. The molecule has 0 saturated carbocycles. The fourth-order valence-corrected chi connectivity index (χ4v) is 3.07. The van der Waals surface area contributed by atoms with Gasteiger partial charge in [0.1, 0.15) is 5.82 Å². The Morgan fingerprint density at radius 2 is 1.76 bits per heavy atom. The van der Waals surface area contributed by atoms with Crippen LogP contribution in [-0.4, -0.2) is 36.9 Å². The molecule has 2 aromatic carbocycles. The van der Waals surface area contributed by atoms with Gasteiger partial charge >= 0.3 is 0 Å². The van der Waals surface area contributed by atoms with Crippen LogP contribution in [0.15, 0.2) is 36.5 Å². The average molecular weight is 420 g/mol. The van der Waals surface area contributed by atoms with E-state index in [1.165, 1.54) is 56.3 Å². The Bertz CT molecular complexity index is 1040. The highest BCUT2D eigenvalue weighted by molar-refractivity contribution is 6.33. The molecule has 0 saturated heterocycles. The van der Waals surface area contributed by atoms with Crippen molar-refractivity contribution in [2.45, 2.75) is 6.92 Å². The molecule has 0 fully saturated rings. The van der Waals surface area contributed by atoms with Crippen molar-refractivity contribution in [1.29, 1.82) is 0 Å². The Morgan fingerprint density at radius 3 is 2.31 bits per heavy atom. The van der Waals surface area contributed by atoms with Crippen LogP contribution in [0.3, 0.4) is 0 Å². The zero-order valence-corrected chi connectivity index (χ0v) is 17.0. The second-order valence-corrected chi connectivity index (χ2v) is 6.44. The minimum atomic E-state index is -0.463. The Morgan fingerprint density at radius 1 is 1.10 bits per heavy atom. The van der Waals surface area contributed by atoms with E-state index in [2.05, 4.69) is 10.4 Å². The lowest BCUT2D eigenvalue weighted by molar-refractivity contribution is 0.101. The highest BCUT2D eigenvalue weighted by Gasteiger charge is 2.20. The topological polar surface area (TPSA) is 74.6 Å². The van der Waals surface area contributed by atoms with E-state index in [0.717, 1.165) is 0 Å². The summed E-state index contributed by atoms with van der Waals surface area (Å²) >= 11 is 6.16. The van der Waals surface area contributed by atoms with Crippen molar-refractivity contribution in [3.63, 3.8) is 0 Å². The molecule has 0 atom stereocenters. The SMILES string of the molecule is COc1cc(C(=O)Nn2c(C)cnc2-c2ccc(F)cc2Cl)cc(OC)c1OC. The van der Waals surface area contributed by atoms with E-state index in [9.17, 15) is 9.18 Å². The first-order valence-corrected chi connectivity index (χ1v) is 8.88. The third-order valence-corrected chi connectivity index (χ3v) is 4.56. The van der Waals surface area contributed by atoms with Gasteiger partial charge < -0.3 is 14.2 Å². The minimum Gasteiger partial charge on any atom is -0.493 e. The maximum Gasteiger partial charge on any atom is 0.270 e. The number of methoxy groups -OCH3 is 3. The molecule has 0 aliphatic carbocycles. The number of aryl methyl sites for hydroxylation is 1. The summed E-state index contributed by atoms with van der Waals surface area (Å²) in [5, 5.41) is 0.180. The lowest BCUT2D eigenvalue weighted by Gasteiger charge is -2.16. The first-order valence-electron chi connectivity index (χ1n) is 8.50. The molecule has 0 unspecified atom stereocenters. The minimum absolute atomic E-state index is 0.180. The number of carbonyl (C=O) groups excluding carboxylic acids is 1. The van der Waals surface area contributed by atoms with Crippen molar-refractivity contribution < 1.29 is 23.4 Å². The number of nitrogens with zero attached hydrogens (tertiary/aromatic N) is 2. The summed E-state index contributed by atoms with van der Waals surface area (Å²) in [6.07, 6.45) is 1.57. The Balaban J connectivity index is 1.99. The number of halogens is 2. The summed E-state index contributed by atoms with van der Waals surface area (Å²) in [6, 6.07) is 7.03. The van der Waals surface area contributed by atoms with Gasteiger partial charge in [-0.25, -0.2) is 14.1 Å². The summed E-state index contributed by atoms with van der Waals surface area (Å²) in [5.41, 5.74) is 4.18. The normalized spacial score (nSPS) is 10.6. The average Bonchev–Trinajstić information content (AvgIpc) is 3.06. The van der Waals surface area contributed by atoms with Gasteiger partial charge in [-0.15, -0.1) is 0 Å². The van der Waals surface area contributed by atoms with Gasteiger partial charge in [0.25, 0.3) is 5.91 Å². The summed E-state index contributed by atoms with van der Waals surface area (Å²) < 4.78 is 30.7. The predicted octanol–water partition coefficient (Wildman–Crippen LogP) is 4.06. The zero-order valence-electron chi connectivity index (χ0n) is 16.2. The van der Waals surface area contributed by atoms with Crippen LogP contribution in [-0.2, 0) is 0 Å². The van der Waals surface area contributed by atoms with E-state index in [4.69, 9.17) is 25.8 Å². The van der Waals surface area contributed by atoms with Crippen LogP contribution in [0, 0.1) is 12.7 Å². The number of benzene rings is 2. The summed E-state index contributed by atoms with van der Waals surface area (Å²) in [7, 11) is 4.41. The number of hydrogen-bond donors (Lipinski definition) is 1. The van der Waals surface area contributed by atoms with Crippen LogP contribution in [0.2, 0.25) is 5.02 Å². The van der Waals surface area contributed by atoms with Crippen LogP contribution in [0.5, 0.6) is 17.2 Å². The van der Waals surface area contributed by atoms with Gasteiger partial charge in [-0.2, -0.15) is 0 Å². The van der Waals surface area contributed by atoms with Gasteiger partial charge in [0, 0.05) is 11.1 Å². The number of rotatable bonds is 6. The van der Waals surface area contributed by atoms with Crippen LogP contribution >= 0.6 is 11.6 Å². The van der Waals surface area contributed by atoms with E-state index in [0.29, 0.717) is 34.3 Å². The fraction of sp³-hybridized carbons (Fsp3) is 0.200. The van der Waals surface area contributed by atoms with Crippen LogP contribution in [0.4, 0.5) is 4.39 Å². The molecular weight excluding hydrogens is 401 g/mol. The summed E-state index contributed by atoms with van der Waals surface area (Å²) in [5.74, 6) is 0.541. The van der Waals surface area contributed by atoms with Crippen LogP contribution in [0.1, 0.15) is 16.1 Å². The van der Waals surface area contributed by atoms with Gasteiger partial charge in [-0.3, -0.25) is 10.2 Å². The fourth-order valence-electron chi connectivity index (χ4n) is 2.82.